The van der Waals surface area contributed by atoms with Crippen LogP contribution in [0.2, 0.25) is 0 Å². The van der Waals surface area contributed by atoms with Crippen LogP contribution < -0.4 is 5.32 Å². The maximum Gasteiger partial charge on any atom is 0.0933 e. The van der Waals surface area contributed by atoms with Crippen LogP contribution in [0.4, 0.5) is 5.69 Å². The molecule has 0 saturated heterocycles. The molecule has 1 aliphatic rings. The third kappa shape index (κ3) is 1.75. The predicted molar refractivity (Wildman–Crippen MR) is 67.6 cm³/mol. The van der Waals surface area contributed by atoms with Crippen molar-refractivity contribution in [1.82, 2.24) is 4.98 Å². The van der Waals surface area contributed by atoms with Gasteiger partial charge in [-0.05, 0) is 25.0 Å². The van der Waals surface area contributed by atoms with Crippen molar-refractivity contribution in [1.29, 1.82) is 0 Å². The molecule has 3 rings (SSSR count). The predicted octanol–water partition coefficient (Wildman–Crippen LogP) is 3.59. The highest BCUT2D eigenvalue weighted by molar-refractivity contribution is 5.90. The van der Waals surface area contributed by atoms with E-state index < -0.39 is 0 Å². The number of nitrogens with zero attached hydrogens (tertiary/aromatic N) is 1. The third-order valence-corrected chi connectivity index (χ3v) is 3.35. The van der Waals surface area contributed by atoms with Crippen LogP contribution in [0.15, 0.2) is 36.5 Å². The topological polar surface area (TPSA) is 24.9 Å². The lowest BCUT2D eigenvalue weighted by Crippen LogP contribution is -2.14. The zero-order valence-electron chi connectivity index (χ0n) is 9.32. The first kappa shape index (κ1) is 9.64. The van der Waals surface area contributed by atoms with Gasteiger partial charge in [-0.15, -0.1) is 0 Å². The lowest BCUT2D eigenvalue weighted by atomic mass is 10.1. The van der Waals surface area contributed by atoms with Crippen molar-refractivity contribution >= 4 is 16.6 Å². The summed E-state index contributed by atoms with van der Waals surface area (Å²) in [5, 5.41) is 4.83. The average Bonchev–Trinajstić information content (AvgIpc) is 2.82. The Morgan fingerprint density at radius 3 is 2.75 bits per heavy atom. The third-order valence-electron chi connectivity index (χ3n) is 3.35. The van der Waals surface area contributed by atoms with Crippen LogP contribution in [-0.4, -0.2) is 11.0 Å². The van der Waals surface area contributed by atoms with Crippen molar-refractivity contribution in [2.24, 2.45) is 0 Å². The molecule has 2 heteroatoms. The van der Waals surface area contributed by atoms with Gasteiger partial charge in [-0.2, -0.15) is 0 Å². The first-order valence-electron chi connectivity index (χ1n) is 6.04. The van der Waals surface area contributed by atoms with Gasteiger partial charge < -0.3 is 5.32 Å². The molecular weight excluding hydrogens is 196 g/mol. The molecule has 0 spiro atoms. The molecule has 1 saturated carbocycles. The zero-order valence-corrected chi connectivity index (χ0v) is 9.32. The van der Waals surface area contributed by atoms with E-state index in [0.717, 1.165) is 5.52 Å². The SMILES string of the molecule is c1cnc2c(NC3CCCC3)cccc2c1. The van der Waals surface area contributed by atoms with Gasteiger partial charge >= 0.3 is 0 Å². The van der Waals surface area contributed by atoms with Crippen LogP contribution in [0, 0.1) is 0 Å². The molecule has 0 radical (unpaired) electrons. The van der Waals surface area contributed by atoms with E-state index in [4.69, 9.17) is 0 Å². The highest BCUT2D eigenvalue weighted by Gasteiger charge is 2.15. The molecular formula is C14H16N2. The summed E-state index contributed by atoms with van der Waals surface area (Å²) in [4.78, 5) is 4.46. The molecule has 1 aromatic heterocycles. The number of nitrogens with one attached hydrogen (secondary N) is 1. The first-order valence-corrected chi connectivity index (χ1v) is 6.04. The monoisotopic (exact) mass is 212 g/mol. The highest BCUT2D eigenvalue weighted by atomic mass is 14.9. The summed E-state index contributed by atoms with van der Waals surface area (Å²) < 4.78 is 0. The van der Waals surface area contributed by atoms with Crippen molar-refractivity contribution in [3.8, 4) is 0 Å². The van der Waals surface area contributed by atoms with E-state index in [1.165, 1.54) is 36.8 Å². The van der Waals surface area contributed by atoms with Crippen molar-refractivity contribution in [2.45, 2.75) is 31.7 Å². The van der Waals surface area contributed by atoms with E-state index in [0.29, 0.717) is 6.04 Å². The Morgan fingerprint density at radius 2 is 1.88 bits per heavy atom. The Kier molecular flexibility index (Phi) is 2.49. The maximum absolute atomic E-state index is 4.46. The summed E-state index contributed by atoms with van der Waals surface area (Å²) in [5.74, 6) is 0. The Bertz CT molecular complexity index is 482. The Hall–Kier alpha value is -1.57. The van der Waals surface area contributed by atoms with Crippen LogP contribution in [-0.2, 0) is 0 Å². The fraction of sp³-hybridized carbons (Fsp3) is 0.357. The molecule has 0 atom stereocenters. The number of para-hydroxylation sites is 1. The van der Waals surface area contributed by atoms with Crippen molar-refractivity contribution in [2.75, 3.05) is 5.32 Å². The second-order valence-corrected chi connectivity index (χ2v) is 4.51. The van der Waals surface area contributed by atoms with E-state index in [-0.39, 0.29) is 0 Å². The summed E-state index contributed by atoms with van der Waals surface area (Å²) in [6, 6.07) is 11.1. The Labute approximate surface area is 95.7 Å². The van der Waals surface area contributed by atoms with Crippen LogP contribution in [0.3, 0.4) is 0 Å². The van der Waals surface area contributed by atoms with Gasteiger partial charge in [0.2, 0.25) is 0 Å². The van der Waals surface area contributed by atoms with Crippen LogP contribution in [0.25, 0.3) is 10.9 Å². The minimum Gasteiger partial charge on any atom is -0.381 e. The van der Waals surface area contributed by atoms with Gasteiger partial charge in [0.25, 0.3) is 0 Å². The van der Waals surface area contributed by atoms with E-state index in [1.54, 1.807) is 0 Å². The second-order valence-electron chi connectivity index (χ2n) is 4.51. The average molecular weight is 212 g/mol. The minimum atomic E-state index is 0.646. The van der Waals surface area contributed by atoms with E-state index in [2.05, 4.69) is 34.6 Å². The lowest BCUT2D eigenvalue weighted by Gasteiger charge is -2.14. The molecule has 0 aliphatic heterocycles. The molecule has 0 bridgehead atoms. The molecule has 16 heavy (non-hydrogen) atoms. The van der Waals surface area contributed by atoms with Crippen molar-refractivity contribution < 1.29 is 0 Å². The number of fused-ring (bicyclic) bond motifs is 1. The molecule has 1 heterocycles. The number of hydrogen-bond acceptors (Lipinski definition) is 2. The highest BCUT2D eigenvalue weighted by Crippen LogP contribution is 2.26. The maximum atomic E-state index is 4.46. The smallest absolute Gasteiger partial charge is 0.0933 e. The lowest BCUT2D eigenvalue weighted by molar-refractivity contribution is 0.756. The zero-order chi connectivity index (χ0) is 10.8. The van der Waals surface area contributed by atoms with Gasteiger partial charge in [0.05, 0.1) is 11.2 Å². The molecule has 2 nitrogen and oxygen atoms in total. The van der Waals surface area contributed by atoms with Gasteiger partial charge in [-0.1, -0.05) is 31.0 Å². The molecule has 1 aliphatic carbocycles. The number of benzene rings is 1. The van der Waals surface area contributed by atoms with Crippen LogP contribution in [0.5, 0.6) is 0 Å². The fourth-order valence-corrected chi connectivity index (χ4v) is 2.51. The fourth-order valence-electron chi connectivity index (χ4n) is 2.51. The van der Waals surface area contributed by atoms with Crippen LogP contribution in [0.1, 0.15) is 25.7 Å². The second kappa shape index (κ2) is 4.12. The normalized spacial score (nSPS) is 16.8. The van der Waals surface area contributed by atoms with E-state index >= 15 is 0 Å². The number of rotatable bonds is 2. The van der Waals surface area contributed by atoms with Gasteiger partial charge in [-0.25, -0.2) is 0 Å². The standard InChI is InChI=1S/C14H16N2/c1-2-8-12(7-1)16-13-9-3-5-11-6-4-10-15-14(11)13/h3-6,9-10,12,16H,1-2,7-8H2. The van der Waals surface area contributed by atoms with E-state index in [9.17, 15) is 0 Å². The van der Waals surface area contributed by atoms with Crippen molar-refractivity contribution in [3.63, 3.8) is 0 Å². The summed E-state index contributed by atoms with van der Waals surface area (Å²) in [6.45, 7) is 0. The summed E-state index contributed by atoms with van der Waals surface area (Å²) in [6.07, 6.45) is 7.17. The van der Waals surface area contributed by atoms with Crippen LogP contribution >= 0.6 is 0 Å². The number of anilines is 1. The van der Waals surface area contributed by atoms with Gasteiger partial charge in [-0.3, -0.25) is 4.98 Å². The molecule has 0 unspecified atom stereocenters. The summed E-state index contributed by atoms with van der Waals surface area (Å²) >= 11 is 0. The quantitative estimate of drug-likeness (QED) is 0.822. The largest absolute Gasteiger partial charge is 0.381 e. The number of aromatic nitrogens is 1. The molecule has 1 fully saturated rings. The molecule has 2 aromatic rings. The summed E-state index contributed by atoms with van der Waals surface area (Å²) in [7, 11) is 0. The number of pyridine rings is 1. The summed E-state index contributed by atoms with van der Waals surface area (Å²) in [5.41, 5.74) is 2.28. The molecule has 1 aromatic carbocycles. The van der Waals surface area contributed by atoms with Crippen molar-refractivity contribution in [3.05, 3.63) is 36.5 Å². The van der Waals surface area contributed by atoms with Gasteiger partial charge in [0.1, 0.15) is 0 Å². The van der Waals surface area contributed by atoms with E-state index in [1.807, 2.05) is 12.3 Å². The van der Waals surface area contributed by atoms with Gasteiger partial charge in [0, 0.05) is 17.6 Å². The Balaban J connectivity index is 1.96. The minimum absolute atomic E-state index is 0.646. The Morgan fingerprint density at radius 1 is 1.06 bits per heavy atom. The molecule has 1 N–H and O–H groups in total. The molecule has 0 amide bonds. The van der Waals surface area contributed by atoms with Gasteiger partial charge in [0.15, 0.2) is 0 Å². The molecule has 82 valence electrons. The first-order chi connectivity index (χ1) is 7.93. The number of hydrogen-bond donors (Lipinski definition) is 1.